The number of hydrogen-bond donors (Lipinski definition) is 0. The van der Waals surface area contributed by atoms with E-state index in [0.717, 1.165) is 12.1 Å². The third-order valence-electron chi connectivity index (χ3n) is 3.52. The summed E-state index contributed by atoms with van der Waals surface area (Å²) in [5.74, 6) is 0. The van der Waals surface area contributed by atoms with Crippen molar-refractivity contribution in [1.82, 2.24) is 0 Å². The van der Waals surface area contributed by atoms with Crippen LogP contribution in [0.15, 0.2) is 0 Å². The number of hydrogen-bond acceptors (Lipinski definition) is 1. The molecule has 0 amide bonds. The maximum atomic E-state index is 2.37. The highest BCUT2D eigenvalue weighted by Crippen LogP contribution is 2.26. The van der Waals surface area contributed by atoms with Gasteiger partial charge in [-0.05, 0) is 33.1 Å². The lowest BCUT2D eigenvalue weighted by molar-refractivity contribution is -0.940. The van der Waals surface area contributed by atoms with Crippen LogP contribution in [-0.4, -0.2) is 36.1 Å². The molecule has 1 aliphatic heterocycles. The second-order valence-electron chi connectivity index (χ2n) is 4.26. The van der Waals surface area contributed by atoms with Gasteiger partial charge in [-0.2, -0.15) is 0 Å². The summed E-state index contributed by atoms with van der Waals surface area (Å²) in [6.07, 6.45) is 4.26. The van der Waals surface area contributed by atoms with Crippen molar-refractivity contribution in [3.8, 4) is 0 Å². The van der Waals surface area contributed by atoms with Crippen LogP contribution in [0.4, 0.5) is 0 Å². The molecule has 1 rings (SSSR count). The van der Waals surface area contributed by atoms with Gasteiger partial charge in [0.25, 0.3) is 0 Å². The molecule has 0 spiro atoms. The molecular formula is C9H21NO. The fraction of sp³-hybridized carbons (Fsp3) is 1.00. The molecule has 0 aromatic carbocycles. The zero-order valence-corrected chi connectivity index (χ0v) is 8.17. The largest absolute Gasteiger partial charge is 0.870 e. The number of piperidine rings is 1. The Hall–Kier alpha value is -0.0800. The van der Waals surface area contributed by atoms with Gasteiger partial charge in [0.2, 0.25) is 0 Å². The Morgan fingerprint density at radius 3 is 1.64 bits per heavy atom. The summed E-state index contributed by atoms with van der Waals surface area (Å²) in [6.45, 7) is 4.74. The van der Waals surface area contributed by atoms with E-state index in [1.807, 2.05) is 0 Å². The molecule has 2 heteroatoms. The molecule has 0 aromatic rings. The third kappa shape index (κ3) is 1.94. The van der Waals surface area contributed by atoms with Crippen LogP contribution in [0.2, 0.25) is 0 Å². The summed E-state index contributed by atoms with van der Waals surface area (Å²) in [6, 6.07) is 1.73. The van der Waals surface area contributed by atoms with Gasteiger partial charge in [-0.3, -0.25) is 0 Å². The van der Waals surface area contributed by atoms with Crippen LogP contribution in [0.25, 0.3) is 0 Å². The van der Waals surface area contributed by atoms with Gasteiger partial charge >= 0.3 is 0 Å². The molecule has 0 aromatic heterocycles. The van der Waals surface area contributed by atoms with Gasteiger partial charge in [-0.1, -0.05) is 0 Å². The minimum absolute atomic E-state index is 0. The second-order valence-corrected chi connectivity index (χ2v) is 4.26. The van der Waals surface area contributed by atoms with Crippen molar-refractivity contribution in [3.63, 3.8) is 0 Å². The molecule has 1 saturated heterocycles. The Labute approximate surface area is 70.1 Å². The van der Waals surface area contributed by atoms with Crippen LogP contribution in [0.3, 0.4) is 0 Å². The first kappa shape index (κ1) is 10.9. The van der Waals surface area contributed by atoms with E-state index in [0.29, 0.717) is 0 Å². The molecule has 0 bridgehead atoms. The Morgan fingerprint density at radius 2 is 1.36 bits per heavy atom. The molecule has 2 nitrogen and oxygen atoms in total. The van der Waals surface area contributed by atoms with Gasteiger partial charge in [-0.15, -0.1) is 0 Å². The zero-order valence-electron chi connectivity index (χ0n) is 8.17. The van der Waals surface area contributed by atoms with Crippen LogP contribution in [0.5, 0.6) is 0 Å². The fourth-order valence-electron chi connectivity index (χ4n) is 1.81. The van der Waals surface area contributed by atoms with Gasteiger partial charge < -0.3 is 9.96 Å². The summed E-state index contributed by atoms with van der Waals surface area (Å²) in [4.78, 5) is 0. The zero-order chi connectivity index (χ0) is 7.78. The van der Waals surface area contributed by atoms with Gasteiger partial charge in [0.05, 0.1) is 26.2 Å². The van der Waals surface area contributed by atoms with Crippen molar-refractivity contribution >= 4 is 0 Å². The Kier molecular flexibility index (Phi) is 3.52. The first-order valence-electron chi connectivity index (χ1n) is 4.38. The van der Waals surface area contributed by atoms with E-state index >= 15 is 0 Å². The van der Waals surface area contributed by atoms with Crippen molar-refractivity contribution in [3.05, 3.63) is 0 Å². The van der Waals surface area contributed by atoms with Gasteiger partial charge in [0, 0.05) is 0 Å². The molecule has 1 N–H and O–H groups in total. The topological polar surface area (TPSA) is 30.0 Å². The monoisotopic (exact) mass is 159 g/mol. The average Bonchev–Trinajstić information content (AvgIpc) is 1.84. The maximum Gasteiger partial charge on any atom is 0.0859 e. The molecule has 1 fully saturated rings. The van der Waals surface area contributed by atoms with Crippen LogP contribution < -0.4 is 0 Å². The third-order valence-corrected chi connectivity index (χ3v) is 3.52. The summed E-state index contributed by atoms with van der Waals surface area (Å²) in [5, 5.41) is 0. The molecule has 11 heavy (non-hydrogen) atoms. The molecule has 68 valence electrons. The number of likely N-dealkylation sites (tertiary alicyclic amines) is 1. The maximum absolute atomic E-state index is 2.37. The van der Waals surface area contributed by atoms with E-state index < -0.39 is 0 Å². The van der Waals surface area contributed by atoms with Crippen molar-refractivity contribution < 1.29 is 9.96 Å². The molecule has 0 unspecified atom stereocenters. The molecule has 0 aliphatic carbocycles. The van der Waals surface area contributed by atoms with E-state index in [4.69, 9.17) is 0 Å². The van der Waals surface area contributed by atoms with Crippen molar-refractivity contribution in [1.29, 1.82) is 0 Å². The van der Waals surface area contributed by atoms with E-state index in [1.54, 1.807) is 0 Å². The smallest absolute Gasteiger partial charge is 0.0859 e. The first-order valence-corrected chi connectivity index (χ1v) is 4.38. The molecule has 1 aliphatic rings. The van der Waals surface area contributed by atoms with Gasteiger partial charge in [0.1, 0.15) is 0 Å². The molecule has 0 saturated carbocycles. The molecule has 0 radical (unpaired) electrons. The van der Waals surface area contributed by atoms with Crippen LogP contribution in [0, 0.1) is 0 Å². The predicted octanol–water partition coefficient (Wildman–Crippen LogP) is 1.85. The second kappa shape index (κ2) is 3.55. The highest BCUT2D eigenvalue weighted by molar-refractivity contribution is 4.64. The van der Waals surface area contributed by atoms with Crippen LogP contribution >= 0.6 is 0 Å². The van der Waals surface area contributed by atoms with Crippen molar-refractivity contribution in [2.75, 3.05) is 14.1 Å². The van der Waals surface area contributed by atoms with E-state index in [1.165, 1.54) is 23.7 Å². The predicted molar refractivity (Wildman–Crippen MR) is 46.8 cm³/mol. The standard InChI is InChI=1S/C9H20N.H2O/c1-8-6-5-7-9(2)10(8,3)4;/h8-9H,5-7H2,1-4H3;1H2/q+1;/p-1/t8-,9+;. The SMILES string of the molecule is C[C@@H]1CCC[C@H](C)[N+]1(C)C.[OH-]. The van der Waals surface area contributed by atoms with Crippen LogP contribution in [0.1, 0.15) is 33.1 Å². The first-order chi connectivity index (χ1) is 4.55. The molecule has 1 heterocycles. The lowest BCUT2D eigenvalue weighted by Gasteiger charge is -2.45. The number of quaternary nitrogens is 1. The normalized spacial score (nSPS) is 36.0. The Bertz CT molecular complexity index is 111. The van der Waals surface area contributed by atoms with Crippen molar-refractivity contribution in [2.45, 2.75) is 45.2 Å². The molecular weight excluding hydrogens is 138 g/mol. The van der Waals surface area contributed by atoms with E-state index in [2.05, 4.69) is 27.9 Å². The molecule has 2 atom stereocenters. The van der Waals surface area contributed by atoms with E-state index in [9.17, 15) is 0 Å². The number of nitrogens with zero attached hydrogens (tertiary/aromatic N) is 1. The highest BCUT2D eigenvalue weighted by atomic mass is 16.0. The summed E-state index contributed by atoms with van der Waals surface area (Å²) >= 11 is 0. The van der Waals surface area contributed by atoms with Gasteiger partial charge in [0.15, 0.2) is 0 Å². The van der Waals surface area contributed by atoms with E-state index in [-0.39, 0.29) is 5.48 Å². The lowest BCUT2D eigenvalue weighted by atomic mass is 9.96. The summed E-state index contributed by atoms with van der Waals surface area (Å²) in [7, 11) is 4.71. The fourth-order valence-corrected chi connectivity index (χ4v) is 1.81. The minimum atomic E-state index is 0. The Morgan fingerprint density at radius 1 is 1.00 bits per heavy atom. The van der Waals surface area contributed by atoms with Gasteiger partial charge in [-0.25, -0.2) is 0 Å². The quantitative estimate of drug-likeness (QED) is 0.496. The summed E-state index contributed by atoms with van der Waals surface area (Å²) in [5.41, 5.74) is 0. The van der Waals surface area contributed by atoms with Crippen LogP contribution in [-0.2, 0) is 0 Å². The van der Waals surface area contributed by atoms with Crippen molar-refractivity contribution in [2.24, 2.45) is 0 Å². The average molecular weight is 159 g/mol. The Balaban J connectivity index is 0.000001000. The minimum Gasteiger partial charge on any atom is -0.870 e. The lowest BCUT2D eigenvalue weighted by Crippen LogP contribution is -2.55. The number of rotatable bonds is 0. The highest BCUT2D eigenvalue weighted by Gasteiger charge is 2.33. The summed E-state index contributed by atoms with van der Waals surface area (Å²) < 4.78 is 1.22.